The summed E-state index contributed by atoms with van der Waals surface area (Å²) in [5.41, 5.74) is 1.55. The summed E-state index contributed by atoms with van der Waals surface area (Å²) >= 11 is 7.25. The van der Waals surface area contributed by atoms with Crippen LogP contribution in [0.4, 0.5) is 0 Å². The van der Waals surface area contributed by atoms with Gasteiger partial charge in [-0.2, -0.15) is 0 Å². The first-order valence-corrected chi connectivity index (χ1v) is 9.03. The number of rotatable bonds is 5. The fraction of sp³-hybridized carbons (Fsp3) is 0.286. The van der Waals surface area contributed by atoms with E-state index in [2.05, 4.69) is 4.72 Å². The third-order valence-electron chi connectivity index (χ3n) is 3.11. The number of halogens is 1. The van der Waals surface area contributed by atoms with E-state index in [9.17, 15) is 13.5 Å². The van der Waals surface area contributed by atoms with Crippen molar-refractivity contribution >= 4 is 33.0 Å². The summed E-state index contributed by atoms with van der Waals surface area (Å²) in [7, 11) is -3.70. The predicted octanol–water partition coefficient (Wildman–Crippen LogP) is 3.03. The zero-order chi connectivity index (χ0) is 15.6. The minimum absolute atomic E-state index is 0.0738. The first-order chi connectivity index (χ1) is 9.81. The molecule has 0 fully saturated rings. The van der Waals surface area contributed by atoms with E-state index >= 15 is 0 Å². The third-order valence-corrected chi connectivity index (χ3v) is 6.03. The molecule has 0 aliphatic heterocycles. The Labute approximate surface area is 133 Å². The standard InChI is InChI=1S/C14H16ClNO3S2/c1-9-3-4-11(15)7-13(9)21(18,19)16-8-12(17)14-10(2)5-6-20-14/h3-7,12,16-17H,8H2,1-2H3. The number of aliphatic hydroxyl groups is 1. The van der Waals surface area contributed by atoms with Crippen LogP contribution in [0.3, 0.4) is 0 Å². The van der Waals surface area contributed by atoms with Crippen molar-refractivity contribution in [2.24, 2.45) is 0 Å². The minimum Gasteiger partial charge on any atom is -0.386 e. The summed E-state index contributed by atoms with van der Waals surface area (Å²) in [6.45, 7) is 3.51. The Morgan fingerprint density at radius 1 is 1.29 bits per heavy atom. The van der Waals surface area contributed by atoms with Gasteiger partial charge < -0.3 is 5.11 Å². The summed E-state index contributed by atoms with van der Waals surface area (Å²) in [6, 6.07) is 6.58. The molecule has 0 saturated heterocycles. The van der Waals surface area contributed by atoms with Gasteiger partial charge in [-0.15, -0.1) is 11.3 Å². The molecule has 21 heavy (non-hydrogen) atoms. The first kappa shape index (κ1) is 16.5. The second-order valence-electron chi connectivity index (χ2n) is 4.75. The van der Waals surface area contributed by atoms with Gasteiger partial charge in [0.15, 0.2) is 0 Å². The van der Waals surface area contributed by atoms with Crippen LogP contribution in [-0.4, -0.2) is 20.1 Å². The molecule has 2 aromatic rings. The molecule has 0 saturated carbocycles. The lowest BCUT2D eigenvalue weighted by Gasteiger charge is -2.13. The van der Waals surface area contributed by atoms with Crippen molar-refractivity contribution in [3.05, 3.63) is 50.7 Å². The average Bonchev–Trinajstić information content (AvgIpc) is 2.85. The van der Waals surface area contributed by atoms with Crippen molar-refractivity contribution in [1.82, 2.24) is 4.72 Å². The normalized spacial score (nSPS) is 13.3. The molecule has 0 spiro atoms. The summed E-state index contributed by atoms with van der Waals surface area (Å²) in [5, 5.41) is 12.3. The predicted molar refractivity (Wildman–Crippen MR) is 85.4 cm³/mol. The van der Waals surface area contributed by atoms with Crippen molar-refractivity contribution in [3.8, 4) is 0 Å². The largest absolute Gasteiger partial charge is 0.386 e. The van der Waals surface area contributed by atoms with Gasteiger partial charge in [0.25, 0.3) is 0 Å². The van der Waals surface area contributed by atoms with E-state index in [1.54, 1.807) is 19.1 Å². The van der Waals surface area contributed by atoms with Crippen molar-refractivity contribution in [2.75, 3.05) is 6.54 Å². The van der Waals surface area contributed by atoms with E-state index in [1.807, 2.05) is 18.4 Å². The lowest BCUT2D eigenvalue weighted by atomic mass is 10.2. The van der Waals surface area contributed by atoms with Gasteiger partial charge in [-0.05, 0) is 48.6 Å². The maximum Gasteiger partial charge on any atom is 0.240 e. The highest BCUT2D eigenvalue weighted by Crippen LogP contribution is 2.24. The molecule has 4 nitrogen and oxygen atoms in total. The van der Waals surface area contributed by atoms with Crippen LogP contribution >= 0.6 is 22.9 Å². The molecular weight excluding hydrogens is 330 g/mol. The van der Waals surface area contributed by atoms with E-state index in [4.69, 9.17) is 11.6 Å². The lowest BCUT2D eigenvalue weighted by molar-refractivity contribution is 0.185. The fourth-order valence-corrected chi connectivity index (χ4v) is 4.41. The van der Waals surface area contributed by atoms with Gasteiger partial charge in [0.05, 0.1) is 4.90 Å². The van der Waals surface area contributed by atoms with Gasteiger partial charge in [-0.1, -0.05) is 17.7 Å². The van der Waals surface area contributed by atoms with Gasteiger partial charge in [0.1, 0.15) is 6.10 Å². The topological polar surface area (TPSA) is 66.4 Å². The van der Waals surface area contributed by atoms with Crippen LogP contribution < -0.4 is 4.72 Å². The van der Waals surface area contributed by atoms with Crippen LogP contribution in [0.25, 0.3) is 0 Å². The molecule has 1 unspecified atom stereocenters. The Hall–Kier alpha value is -0.920. The third kappa shape index (κ3) is 3.84. The van der Waals surface area contributed by atoms with E-state index in [1.165, 1.54) is 17.4 Å². The van der Waals surface area contributed by atoms with E-state index in [-0.39, 0.29) is 11.4 Å². The molecule has 1 heterocycles. The number of nitrogens with one attached hydrogen (secondary N) is 1. The zero-order valence-corrected chi connectivity index (χ0v) is 14.0. The molecule has 2 rings (SSSR count). The molecule has 0 amide bonds. The van der Waals surface area contributed by atoms with Crippen LogP contribution in [0, 0.1) is 13.8 Å². The highest BCUT2D eigenvalue weighted by molar-refractivity contribution is 7.89. The van der Waals surface area contributed by atoms with Crippen LogP contribution in [-0.2, 0) is 10.0 Å². The molecule has 2 N–H and O–H groups in total. The minimum atomic E-state index is -3.70. The molecule has 1 aromatic heterocycles. The Kier molecular flexibility index (Phi) is 5.06. The Bertz CT molecular complexity index is 740. The number of aliphatic hydroxyl groups excluding tert-OH is 1. The molecular formula is C14H16ClNO3S2. The van der Waals surface area contributed by atoms with Crippen LogP contribution in [0.15, 0.2) is 34.5 Å². The first-order valence-electron chi connectivity index (χ1n) is 6.29. The van der Waals surface area contributed by atoms with Gasteiger partial charge in [-0.25, -0.2) is 13.1 Å². The fourth-order valence-electron chi connectivity index (χ4n) is 1.95. The van der Waals surface area contributed by atoms with Crippen molar-refractivity contribution < 1.29 is 13.5 Å². The zero-order valence-electron chi connectivity index (χ0n) is 11.6. The molecule has 0 aliphatic carbocycles. The summed E-state index contributed by atoms with van der Waals surface area (Å²) in [6.07, 6.45) is -0.862. The molecule has 1 aromatic carbocycles. The van der Waals surface area contributed by atoms with Crippen LogP contribution in [0.2, 0.25) is 5.02 Å². The highest BCUT2D eigenvalue weighted by atomic mass is 35.5. The lowest BCUT2D eigenvalue weighted by Crippen LogP contribution is -2.29. The molecule has 0 radical (unpaired) electrons. The van der Waals surface area contributed by atoms with Crippen molar-refractivity contribution in [1.29, 1.82) is 0 Å². The monoisotopic (exact) mass is 345 g/mol. The summed E-state index contributed by atoms with van der Waals surface area (Å²) in [5.74, 6) is 0. The molecule has 7 heteroatoms. The molecule has 0 aliphatic rings. The SMILES string of the molecule is Cc1ccc(Cl)cc1S(=O)(=O)NCC(O)c1sccc1C. The molecule has 1 atom stereocenters. The number of hydrogen-bond acceptors (Lipinski definition) is 4. The van der Waals surface area contributed by atoms with Crippen LogP contribution in [0.1, 0.15) is 22.1 Å². The number of sulfonamides is 1. The van der Waals surface area contributed by atoms with Gasteiger partial charge in [-0.3, -0.25) is 0 Å². The van der Waals surface area contributed by atoms with E-state index in [0.717, 1.165) is 10.4 Å². The van der Waals surface area contributed by atoms with E-state index < -0.39 is 16.1 Å². The Morgan fingerprint density at radius 3 is 2.62 bits per heavy atom. The Balaban J connectivity index is 2.15. The number of benzene rings is 1. The number of thiophene rings is 1. The quantitative estimate of drug-likeness (QED) is 0.875. The maximum absolute atomic E-state index is 12.3. The van der Waals surface area contributed by atoms with Crippen LogP contribution in [0.5, 0.6) is 0 Å². The summed E-state index contributed by atoms with van der Waals surface area (Å²) < 4.78 is 27.0. The Morgan fingerprint density at radius 2 is 2.00 bits per heavy atom. The average molecular weight is 346 g/mol. The highest BCUT2D eigenvalue weighted by Gasteiger charge is 2.20. The van der Waals surface area contributed by atoms with Crippen molar-refractivity contribution in [2.45, 2.75) is 24.8 Å². The van der Waals surface area contributed by atoms with Gasteiger partial charge in [0, 0.05) is 16.4 Å². The smallest absolute Gasteiger partial charge is 0.240 e. The van der Waals surface area contributed by atoms with E-state index in [0.29, 0.717) is 10.6 Å². The summed E-state index contributed by atoms with van der Waals surface area (Å²) in [4.78, 5) is 0.894. The van der Waals surface area contributed by atoms with Gasteiger partial charge in [0.2, 0.25) is 10.0 Å². The second kappa shape index (κ2) is 6.46. The number of aryl methyl sites for hydroxylation is 2. The second-order valence-corrected chi connectivity index (χ2v) is 7.86. The van der Waals surface area contributed by atoms with Crippen molar-refractivity contribution in [3.63, 3.8) is 0 Å². The maximum atomic E-state index is 12.3. The molecule has 0 bridgehead atoms. The molecule has 114 valence electrons. The number of hydrogen-bond donors (Lipinski definition) is 2. The van der Waals surface area contributed by atoms with Gasteiger partial charge >= 0.3 is 0 Å².